The van der Waals surface area contributed by atoms with E-state index >= 15 is 0 Å². The number of hydrogen-bond donors (Lipinski definition) is 1. The second-order valence-electron chi connectivity index (χ2n) is 5.32. The average molecular weight is 352 g/mol. The van der Waals surface area contributed by atoms with Crippen molar-refractivity contribution in [1.29, 1.82) is 0 Å². The molecule has 0 saturated heterocycles. The Morgan fingerprint density at radius 1 is 1.17 bits per heavy atom. The Hall–Kier alpha value is -2.27. The van der Waals surface area contributed by atoms with Crippen LogP contribution >= 0.6 is 11.6 Å². The van der Waals surface area contributed by atoms with Gasteiger partial charge in [-0.3, -0.25) is 4.79 Å². The number of aryl methyl sites for hydroxylation is 2. The van der Waals surface area contributed by atoms with Gasteiger partial charge in [-0.05, 0) is 42.7 Å². The fraction of sp³-hybridized carbons (Fsp3) is 0.278. The molecule has 0 aliphatic carbocycles. The van der Waals surface area contributed by atoms with Gasteiger partial charge in [0.15, 0.2) is 11.6 Å². The maximum atomic E-state index is 13.6. The number of halogens is 2. The first-order valence-electron chi connectivity index (χ1n) is 7.41. The normalized spacial score (nSPS) is 10.4. The van der Waals surface area contributed by atoms with Crippen molar-refractivity contribution in [3.05, 3.63) is 52.3 Å². The van der Waals surface area contributed by atoms with Gasteiger partial charge in [0.05, 0.1) is 19.9 Å². The van der Waals surface area contributed by atoms with E-state index in [-0.39, 0.29) is 18.1 Å². The molecule has 2 aromatic carbocycles. The van der Waals surface area contributed by atoms with Gasteiger partial charge >= 0.3 is 0 Å². The number of ether oxygens (including phenoxy) is 2. The summed E-state index contributed by atoms with van der Waals surface area (Å²) in [4.78, 5) is 12.1. The van der Waals surface area contributed by atoms with E-state index in [0.29, 0.717) is 22.9 Å². The quantitative estimate of drug-likeness (QED) is 0.840. The first-order chi connectivity index (χ1) is 11.4. The SMILES string of the molecule is COc1ccc(CCC(=O)Nc2cc(C)c(Cl)cc2OC)cc1F. The van der Waals surface area contributed by atoms with Gasteiger partial charge in [-0.1, -0.05) is 17.7 Å². The third-order valence-corrected chi connectivity index (χ3v) is 4.02. The van der Waals surface area contributed by atoms with Crippen LogP contribution in [0.5, 0.6) is 11.5 Å². The van der Waals surface area contributed by atoms with E-state index < -0.39 is 5.82 Å². The van der Waals surface area contributed by atoms with Crippen LogP contribution in [0.1, 0.15) is 17.5 Å². The van der Waals surface area contributed by atoms with Crippen LogP contribution < -0.4 is 14.8 Å². The van der Waals surface area contributed by atoms with Crippen LogP contribution in [0.4, 0.5) is 10.1 Å². The Kier molecular flexibility index (Phi) is 6.04. The van der Waals surface area contributed by atoms with E-state index in [9.17, 15) is 9.18 Å². The highest BCUT2D eigenvalue weighted by molar-refractivity contribution is 6.31. The smallest absolute Gasteiger partial charge is 0.224 e. The Labute approximate surface area is 145 Å². The highest BCUT2D eigenvalue weighted by atomic mass is 35.5. The zero-order chi connectivity index (χ0) is 17.7. The van der Waals surface area contributed by atoms with E-state index in [1.165, 1.54) is 20.3 Å². The van der Waals surface area contributed by atoms with Crippen molar-refractivity contribution in [3.8, 4) is 11.5 Å². The van der Waals surface area contributed by atoms with Crippen LogP contribution in [-0.4, -0.2) is 20.1 Å². The van der Waals surface area contributed by atoms with Crippen molar-refractivity contribution in [2.75, 3.05) is 19.5 Å². The van der Waals surface area contributed by atoms with Crippen LogP contribution in [0, 0.1) is 12.7 Å². The molecule has 0 spiro atoms. The van der Waals surface area contributed by atoms with Gasteiger partial charge in [-0.15, -0.1) is 0 Å². The molecule has 2 aromatic rings. The molecule has 6 heteroatoms. The first kappa shape index (κ1) is 18.1. The maximum Gasteiger partial charge on any atom is 0.224 e. The predicted molar refractivity (Wildman–Crippen MR) is 92.6 cm³/mol. The fourth-order valence-electron chi connectivity index (χ4n) is 2.27. The van der Waals surface area contributed by atoms with Gasteiger partial charge in [0, 0.05) is 17.5 Å². The number of amides is 1. The molecule has 128 valence electrons. The molecule has 0 unspecified atom stereocenters. The van der Waals surface area contributed by atoms with E-state index in [2.05, 4.69) is 5.32 Å². The van der Waals surface area contributed by atoms with Crippen LogP contribution in [-0.2, 0) is 11.2 Å². The molecular weight excluding hydrogens is 333 g/mol. The second-order valence-corrected chi connectivity index (χ2v) is 5.73. The van der Waals surface area contributed by atoms with Crippen molar-refractivity contribution in [2.24, 2.45) is 0 Å². The summed E-state index contributed by atoms with van der Waals surface area (Å²) in [5.41, 5.74) is 2.12. The van der Waals surface area contributed by atoms with Crippen molar-refractivity contribution in [3.63, 3.8) is 0 Å². The lowest BCUT2D eigenvalue weighted by Gasteiger charge is -2.12. The average Bonchev–Trinajstić information content (AvgIpc) is 2.56. The molecule has 0 bridgehead atoms. The summed E-state index contributed by atoms with van der Waals surface area (Å²) < 4.78 is 23.7. The lowest BCUT2D eigenvalue weighted by molar-refractivity contribution is -0.116. The molecule has 2 rings (SSSR count). The summed E-state index contributed by atoms with van der Waals surface area (Å²) in [6.45, 7) is 1.84. The number of anilines is 1. The topological polar surface area (TPSA) is 47.6 Å². The van der Waals surface area contributed by atoms with E-state index in [1.54, 1.807) is 24.3 Å². The number of hydrogen-bond acceptors (Lipinski definition) is 3. The molecule has 0 aliphatic rings. The summed E-state index contributed by atoms with van der Waals surface area (Å²) in [5, 5.41) is 3.36. The number of methoxy groups -OCH3 is 2. The van der Waals surface area contributed by atoms with E-state index in [1.807, 2.05) is 6.92 Å². The molecule has 4 nitrogen and oxygen atoms in total. The van der Waals surface area contributed by atoms with E-state index in [0.717, 1.165) is 11.1 Å². The Balaban J connectivity index is 2.01. The van der Waals surface area contributed by atoms with Crippen LogP contribution in [0.25, 0.3) is 0 Å². The largest absolute Gasteiger partial charge is 0.495 e. The minimum absolute atomic E-state index is 0.185. The summed E-state index contributed by atoms with van der Waals surface area (Å²) in [6.07, 6.45) is 0.637. The van der Waals surface area contributed by atoms with Crippen LogP contribution in [0.15, 0.2) is 30.3 Å². The molecule has 0 saturated carbocycles. The molecule has 0 heterocycles. The van der Waals surface area contributed by atoms with Crippen molar-refractivity contribution in [2.45, 2.75) is 19.8 Å². The number of benzene rings is 2. The number of carbonyl (C=O) groups is 1. The predicted octanol–water partition coefficient (Wildman–Crippen LogP) is 4.38. The standard InChI is InChI=1S/C18H19ClFNO3/c1-11-8-15(17(24-3)10-13(11)19)21-18(22)7-5-12-4-6-16(23-2)14(20)9-12/h4,6,8-10H,5,7H2,1-3H3,(H,21,22). The molecular formula is C18H19ClFNO3. The highest BCUT2D eigenvalue weighted by Gasteiger charge is 2.11. The van der Waals surface area contributed by atoms with Crippen LogP contribution in [0.2, 0.25) is 5.02 Å². The third-order valence-electron chi connectivity index (χ3n) is 3.61. The summed E-state index contributed by atoms with van der Waals surface area (Å²) >= 11 is 6.04. The zero-order valence-electron chi connectivity index (χ0n) is 13.8. The number of rotatable bonds is 6. The molecule has 0 radical (unpaired) electrons. The van der Waals surface area contributed by atoms with Gasteiger partial charge in [0.1, 0.15) is 5.75 Å². The van der Waals surface area contributed by atoms with Crippen LogP contribution in [0.3, 0.4) is 0 Å². The number of carbonyl (C=O) groups excluding carboxylic acids is 1. The number of nitrogens with one attached hydrogen (secondary N) is 1. The molecule has 0 atom stereocenters. The lowest BCUT2D eigenvalue weighted by Crippen LogP contribution is -2.13. The van der Waals surface area contributed by atoms with Crippen molar-refractivity contribution >= 4 is 23.2 Å². The van der Waals surface area contributed by atoms with Gasteiger partial charge in [-0.2, -0.15) is 0 Å². The fourth-order valence-corrected chi connectivity index (χ4v) is 2.42. The summed E-state index contributed by atoms with van der Waals surface area (Å²) in [5.74, 6) is 0.0515. The monoisotopic (exact) mass is 351 g/mol. The van der Waals surface area contributed by atoms with Crippen molar-refractivity contribution < 1.29 is 18.7 Å². The summed E-state index contributed by atoms with van der Waals surface area (Å²) in [6, 6.07) is 8.08. The third kappa shape index (κ3) is 4.38. The second kappa shape index (κ2) is 8.02. The Morgan fingerprint density at radius 3 is 2.50 bits per heavy atom. The van der Waals surface area contributed by atoms with E-state index in [4.69, 9.17) is 21.1 Å². The Bertz CT molecular complexity index is 749. The molecule has 0 fully saturated rings. The minimum atomic E-state index is -0.439. The molecule has 24 heavy (non-hydrogen) atoms. The molecule has 0 aromatic heterocycles. The van der Waals surface area contributed by atoms with Gasteiger partial charge < -0.3 is 14.8 Å². The molecule has 1 N–H and O–H groups in total. The zero-order valence-corrected chi connectivity index (χ0v) is 14.5. The minimum Gasteiger partial charge on any atom is -0.495 e. The molecule has 0 aliphatic heterocycles. The maximum absolute atomic E-state index is 13.6. The lowest BCUT2D eigenvalue weighted by atomic mass is 10.1. The van der Waals surface area contributed by atoms with Gasteiger partial charge in [-0.25, -0.2) is 4.39 Å². The Morgan fingerprint density at radius 2 is 1.88 bits per heavy atom. The van der Waals surface area contributed by atoms with Gasteiger partial charge in [0.2, 0.25) is 5.91 Å². The molecule has 1 amide bonds. The van der Waals surface area contributed by atoms with Crippen molar-refractivity contribution in [1.82, 2.24) is 0 Å². The highest BCUT2D eigenvalue weighted by Crippen LogP contribution is 2.31. The van der Waals surface area contributed by atoms with Gasteiger partial charge in [0.25, 0.3) is 0 Å². The first-order valence-corrected chi connectivity index (χ1v) is 7.78. The summed E-state index contributed by atoms with van der Waals surface area (Å²) in [7, 11) is 2.92.